The summed E-state index contributed by atoms with van der Waals surface area (Å²) in [6.07, 6.45) is 0. The fraction of sp³-hybridized carbons (Fsp3) is 0.286. The van der Waals surface area contributed by atoms with Gasteiger partial charge in [0, 0.05) is 54.9 Å². The molecular formula is C21H21ClN2O3. The van der Waals surface area contributed by atoms with Crippen LogP contribution in [0.3, 0.4) is 0 Å². The maximum Gasteiger partial charge on any atom is 0.290 e. The van der Waals surface area contributed by atoms with E-state index in [1.807, 2.05) is 53.4 Å². The topological polar surface area (TPSA) is 45.9 Å². The van der Waals surface area contributed by atoms with Crippen LogP contribution in [0.5, 0.6) is 0 Å². The Bertz CT molecular complexity index is 944. The molecule has 0 saturated carbocycles. The van der Waals surface area contributed by atoms with E-state index in [4.69, 9.17) is 20.8 Å². The number of carbonyl (C=O) groups is 1. The number of fused-ring (bicyclic) bond motifs is 1. The number of furan rings is 1. The molecule has 27 heavy (non-hydrogen) atoms. The number of hydrogen-bond acceptors (Lipinski definition) is 4. The lowest BCUT2D eigenvalue weighted by Gasteiger charge is -2.35. The van der Waals surface area contributed by atoms with Gasteiger partial charge in [0.2, 0.25) is 0 Å². The number of benzene rings is 2. The maximum absolute atomic E-state index is 13.1. The van der Waals surface area contributed by atoms with Gasteiger partial charge in [0.1, 0.15) is 5.58 Å². The van der Waals surface area contributed by atoms with Crippen LogP contribution in [0, 0.1) is 0 Å². The number of halogens is 1. The van der Waals surface area contributed by atoms with E-state index < -0.39 is 0 Å². The summed E-state index contributed by atoms with van der Waals surface area (Å²) in [5, 5.41) is 1.66. The average Bonchev–Trinajstić information content (AvgIpc) is 3.07. The van der Waals surface area contributed by atoms with Crippen LogP contribution < -0.4 is 4.90 Å². The summed E-state index contributed by atoms with van der Waals surface area (Å²) in [7, 11) is 1.63. The van der Waals surface area contributed by atoms with Crippen molar-refractivity contribution in [3.05, 3.63) is 64.9 Å². The first-order chi connectivity index (χ1) is 13.2. The van der Waals surface area contributed by atoms with Crippen LogP contribution in [-0.4, -0.2) is 44.1 Å². The van der Waals surface area contributed by atoms with E-state index >= 15 is 0 Å². The third-order valence-corrected chi connectivity index (χ3v) is 5.19. The zero-order valence-electron chi connectivity index (χ0n) is 15.2. The second-order valence-corrected chi connectivity index (χ2v) is 7.03. The first-order valence-corrected chi connectivity index (χ1v) is 9.34. The molecule has 3 aromatic rings. The van der Waals surface area contributed by atoms with Gasteiger partial charge in [-0.05, 0) is 30.3 Å². The summed E-state index contributed by atoms with van der Waals surface area (Å²) < 4.78 is 11.2. The SMILES string of the molecule is COCc1c(C(=O)N2CCN(c3ccc(Cl)cc3)CC2)oc2ccccc12. The zero-order valence-corrected chi connectivity index (χ0v) is 15.9. The molecule has 6 heteroatoms. The largest absolute Gasteiger partial charge is 0.451 e. The van der Waals surface area contributed by atoms with Crippen molar-refractivity contribution in [3.8, 4) is 0 Å². The fourth-order valence-electron chi connectivity index (χ4n) is 3.52. The Kier molecular flexibility index (Phi) is 5.05. The number of para-hydroxylation sites is 1. The van der Waals surface area contributed by atoms with Crippen molar-refractivity contribution in [2.45, 2.75) is 6.61 Å². The minimum absolute atomic E-state index is 0.0750. The molecule has 1 amide bonds. The van der Waals surface area contributed by atoms with E-state index in [2.05, 4.69) is 4.90 Å². The van der Waals surface area contributed by atoms with E-state index in [-0.39, 0.29) is 5.91 Å². The van der Waals surface area contributed by atoms with E-state index in [1.165, 1.54) is 0 Å². The number of ether oxygens (including phenoxy) is 1. The van der Waals surface area contributed by atoms with E-state index in [1.54, 1.807) is 7.11 Å². The third-order valence-electron chi connectivity index (χ3n) is 4.94. The molecule has 2 aromatic carbocycles. The van der Waals surface area contributed by atoms with Gasteiger partial charge >= 0.3 is 0 Å². The smallest absolute Gasteiger partial charge is 0.290 e. The minimum atomic E-state index is -0.0750. The Morgan fingerprint density at radius 1 is 1.07 bits per heavy atom. The third kappa shape index (κ3) is 3.53. The molecule has 0 aliphatic carbocycles. The molecule has 140 valence electrons. The number of anilines is 1. The van der Waals surface area contributed by atoms with Crippen molar-refractivity contribution in [2.24, 2.45) is 0 Å². The van der Waals surface area contributed by atoms with Crippen LogP contribution in [0.1, 0.15) is 16.1 Å². The molecule has 1 saturated heterocycles. The van der Waals surface area contributed by atoms with Gasteiger partial charge in [-0.1, -0.05) is 29.8 Å². The average molecular weight is 385 g/mol. The Balaban J connectivity index is 1.52. The summed E-state index contributed by atoms with van der Waals surface area (Å²) in [6, 6.07) is 15.5. The summed E-state index contributed by atoms with van der Waals surface area (Å²) in [4.78, 5) is 17.2. The van der Waals surface area contributed by atoms with Gasteiger partial charge in [-0.2, -0.15) is 0 Å². The molecule has 4 rings (SSSR count). The molecule has 1 aliphatic rings. The van der Waals surface area contributed by atoms with Crippen LogP contribution in [0.4, 0.5) is 5.69 Å². The highest BCUT2D eigenvalue weighted by Crippen LogP contribution is 2.28. The number of rotatable bonds is 4. The van der Waals surface area contributed by atoms with Gasteiger partial charge in [0.05, 0.1) is 6.61 Å². The van der Waals surface area contributed by atoms with Crippen molar-refractivity contribution in [1.29, 1.82) is 0 Å². The van der Waals surface area contributed by atoms with Crippen molar-refractivity contribution < 1.29 is 13.9 Å². The Hall–Kier alpha value is -2.50. The number of nitrogens with zero attached hydrogens (tertiary/aromatic N) is 2. The van der Waals surface area contributed by atoms with Gasteiger partial charge in [-0.25, -0.2) is 0 Å². The van der Waals surface area contributed by atoms with Crippen molar-refractivity contribution in [3.63, 3.8) is 0 Å². The number of piperazine rings is 1. The van der Waals surface area contributed by atoms with Crippen LogP contribution in [0.2, 0.25) is 5.02 Å². The Morgan fingerprint density at radius 3 is 2.48 bits per heavy atom. The first-order valence-electron chi connectivity index (χ1n) is 8.96. The Labute approximate surface area is 163 Å². The molecule has 0 N–H and O–H groups in total. The molecule has 1 fully saturated rings. The molecule has 1 aliphatic heterocycles. The van der Waals surface area contributed by atoms with Crippen LogP contribution in [0.25, 0.3) is 11.0 Å². The van der Waals surface area contributed by atoms with E-state index in [0.717, 1.165) is 34.7 Å². The lowest BCUT2D eigenvalue weighted by molar-refractivity contribution is 0.0710. The van der Waals surface area contributed by atoms with Crippen molar-refractivity contribution in [1.82, 2.24) is 4.90 Å². The number of methoxy groups -OCH3 is 1. The van der Waals surface area contributed by atoms with Crippen LogP contribution in [-0.2, 0) is 11.3 Å². The van der Waals surface area contributed by atoms with E-state index in [9.17, 15) is 4.79 Å². The summed E-state index contributed by atoms with van der Waals surface area (Å²) in [5.74, 6) is 0.312. The molecule has 0 atom stereocenters. The van der Waals surface area contributed by atoms with Gasteiger partial charge < -0.3 is 19.0 Å². The standard InChI is InChI=1S/C21H21ClN2O3/c1-26-14-18-17-4-2-3-5-19(17)27-20(18)21(25)24-12-10-23(11-13-24)16-8-6-15(22)7-9-16/h2-9H,10-14H2,1H3. The number of hydrogen-bond donors (Lipinski definition) is 0. The zero-order chi connectivity index (χ0) is 18.8. The van der Waals surface area contributed by atoms with Gasteiger partial charge in [-0.3, -0.25) is 4.79 Å². The van der Waals surface area contributed by atoms with E-state index in [0.29, 0.717) is 31.0 Å². The quantitative estimate of drug-likeness (QED) is 0.676. The Morgan fingerprint density at radius 2 is 1.78 bits per heavy atom. The molecule has 0 unspecified atom stereocenters. The normalized spacial score (nSPS) is 14.7. The predicted molar refractivity (Wildman–Crippen MR) is 106 cm³/mol. The molecule has 1 aromatic heterocycles. The predicted octanol–water partition coefficient (Wildman–Crippen LogP) is 4.20. The second kappa shape index (κ2) is 7.62. The minimum Gasteiger partial charge on any atom is -0.451 e. The lowest BCUT2D eigenvalue weighted by atomic mass is 10.1. The first kappa shape index (κ1) is 17.9. The fourth-order valence-corrected chi connectivity index (χ4v) is 3.65. The molecular weight excluding hydrogens is 364 g/mol. The van der Waals surface area contributed by atoms with Gasteiger partial charge in [0.15, 0.2) is 5.76 Å². The highest BCUT2D eigenvalue weighted by atomic mass is 35.5. The maximum atomic E-state index is 13.1. The molecule has 0 bridgehead atoms. The lowest BCUT2D eigenvalue weighted by Crippen LogP contribution is -2.48. The summed E-state index contributed by atoms with van der Waals surface area (Å²) in [6.45, 7) is 3.18. The van der Waals surface area contributed by atoms with Gasteiger partial charge in [0.25, 0.3) is 5.91 Å². The van der Waals surface area contributed by atoms with Crippen LogP contribution >= 0.6 is 11.6 Å². The number of carbonyl (C=O) groups excluding carboxylic acids is 1. The van der Waals surface area contributed by atoms with Crippen molar-refractivity contribution in [2.75, 3.05) is 38.2 Å². The molecule has 5 nitrogen and oxygen atoms in total. The second-order valence-electron chi connectivity index (χ2n) is 6.59. The molecule has 0 radical (unpaired) electrons. The number of amides is 1. The highest BCUT2D eigenvalue weighted by molar-refractivity contribution is 6.30. The van der Waals surface area contributed by atoms with Gasteiger partial charge in [-0.15, -0.1) is 0 Å². The monoisotopic (exact) mass is 384 g/mol. The summed E-state index contributed by atoms with van der Waals surface area (Å²) in [5.41, 5.74) is 2.65. The van der Waals surface area contributed by atoms with Crippen LogP contribution in [0.15, 0.2) is 52.9 Å². The summed E-state index contributed by atoms with van der Waals surface area (Å²) >= 11 is 5.97. The van der Waals surface area contributed by atoms with Crippen molar-refractivity contribution >= 4 is 34.2 Å². The molecule has 0 spiro atoms. The molecule has 2 heterocycles. The highest BCUT2D eigenvalue weighted by Gasteiger charge is 2.28.